The topological polar surface area (TPSA) is 21.3 Å². The summed E-state index contributed by atoms with van der Waals surface area (Å²) in [5.41, 5.74) is 0.277. The Labute approximate surface area is 135 Å². The molecule has 1 spiro atoms. The Balaban J connectivity index is 1.59. The van der Waals surface area contributed by atoms with Gasteiger partial charge in [0.25, 0.3) is 0 Å². The van der Waals surface area contributed by atoms with Crippen molar-refractivity contribution >= 4 is 11.8 Å². The van der Waals surface area contributed by atoms with Crippen LogP contribution in [0.15, 0.2) is 0 Å². The quantitative estimate of drug-likeness (QED) is 0.820. The van der Waals surface area contributed by atoms with Crippen molar-refractivity contribution in [1.29, 1.82) is 0 Å². The highest BCUT2D eigenvalue weighted by Crippen LogP contribution is 2.43. The molecule has 3 heteroatoms. The predicted molar refractivity (Wildman–Crippen MR) is 92.0 cm³/mol. The molecule has 2 heterocycles. The molecule has 2 unspecified atom stereocenters. The van der Waals surface area contributed by atoms with Crippen molar-refractivity contribution in [2.45, 2.75) is 76.4 Å². The molecule has 122 valence electrons. The Morgan fingerprint density at radius 3 is 2.67 bits per heavy atom. The lowest BCUT2D eigenvalue weighted by molar-refractivity contribution is -0.0988. The Morgan fingerprint density at radius 2 is 1.95 bits per heavy atom. The second-order valence-corrected chi connectivity index (χ2v) is 8.67. The van der Waals surface area contributed by atoms with Gasteiger partial charge in [-0.15, -0.1) is 0 Å². The van der Waals surface area contributed by atoms with Crippen molar-refractivity contribution in [1.82, 2.24) is 5.32 Å². The molecule has 2 aliphatic heterocycles. The van der Waals surface area contributed by atoms with E-state index in [0.717, 1.165) is 31.0 Å². The van der Waals surface area contributed by atoms with Crippen molar-refractivity contribution in [2.75, 3.05) is 24.7 Å². The highest BCUT2D eigenvalue weighted by molar-refractivity contribution is 7.99. The molecular formula is C18H33NOS. The third kappa shape index (κ3) is 4.17. The second-order valence-electron chi connectivity index (χ2n) is 7.45. The van der Waals surface area contributed by atoms with Crippen LogP contribution in [0.25, 0.3) is 0 Å². The third-order valence-corrected chi connectivity index (χ3v) is 7.06. The minimum Gasteiger partial charge on any atom is -0.375 e. The van der Waals surface area contributed by atoms with Crippen LogP contribution in [0.4, 0.5) is 0 Å². The summed E-state index contributed by atoms with van der Waals surface area (Å²) >= 11 is 2.15. The molecule has 1 saturated carbocycles. The van der Waals surface area contributed by atoms with Crippen molar-refractivity contribution in [2.24, 2.45) is 11.8 Å². The van der Waals surface area contributed by atoms with Gasteiger partial charge in [-0.25, -0.2) is 0 Å². The maximum absolute atomic E-state index is 6.24. The smallest absolute Gasteiger partial charge is 0.0685 e. The fourth-order valence-electron chi connectivity index (χ4n) is 4.82. The summed E-state index contributed by atoms with van der Waals surface area (Å²) in [5, 5.41) is 3.84. The summed E-state index contributed by atoms with van der Waals surface area (Å²) < 4.78 is 6.24. The molecule has 0 amide bonds. The minimum absolute atomic E-state index is 0.277. The third-order valence-electron chi connectivity index (χ3n) is 6.01. The van der Waals surface area contributed by atoms with Gasteiger partial charge in [0.2, 0.25) is 0 Å². The number of ether oxygens (including phenoxy) is 1. The molecule has 2 nitrogen and oxygen atoms in total. The van der Waals surface area contributed by atoms with E-state index in [-0.39, 0.29) is 5.60 Å². The largest absolute Gasteiger partial charge is 0.375 e. The summed E-state index contributed by atoms with van der Waals surface area (Å²) in [6.45, 7) is 4.40. The van der Waals surface area contributed by atoms with Crippen molar-refractivity contribution < 1.29 is 4.74 Å². The van der Waals surface area contributed by atoms with E-state index < -0.39 is 0 Å². The van der Waals surface area contributed by atoms with Gasteiger partial charge >= 0.3 is 0 Å². The van der Waals surface area contributed by atoms with Crippen LogP contribution in [-0.2, 0) is 4.74 Å². The molecule has 1 aliphatic carbocycles. The van der Waals surface area contributed by atoms with E-state index in [2.05, 4.69) is 24.0 Å². The molecule has 0 aromatic rings. The minimum atomic E-state index is 0.277. The summed E-state index contributed by atoms with van der Waals surface area (Å²) in [5.74, 6) is 4.60. The zero-order valence-corrected chi connectivity index (χ0v) is 14.6. The fraction of sp³-hybridized carbons (Fsp3) is 1.00. The lowest BCUT2D eigenvalue weighted by Gasteiger charge is -2.42. The van der Waals surface area contributed by atoms with Crippen LogP contribution >= 0.6 is 11.8 Å². The van der Waals surface area contributed by atoms with Gasteiger partial charge in [0.15, 0.2) is 0 Å². The van der Waals surface area contributed by atoms with E-state index in [0.29, 0.717) is 0 Å². The van der Waals surface area contributed by atoms with Crippen LogP contribution in [0.5, 0.6) is 0 Å². The molecule has 1 N–H and O–H groups in total. The first-order chi connectivity index (χ1) is 10.3. The van der Waals surface area contributed by atoms with Gasteiger partial charge in [-0.3, -0.25) is 0 Å². The monoisotopic (exact) mass is 311 g/mol. The first-order valence-electron chi connectivity index (χ1n) is 9.26. The predicted octanol–water partition coefficient (Wildman–Crippen LogP) is 4.24. The van der Waals surface area contributed by atoms with Gasteiger partial charge in [-0.2, -0.15) is 11.8 Å². The van der Waals surface area contributed by atoms with E-state index in [9.17, 15) is 0 Å². The van der Waals surface area contributed by atoms with Crippen LogP contribution in [0, 0.1) is 11.8 Å². The maximum atomic E-state index is 6.24. The van der Waals surface area contributed by atoms with Crippen LogP contribution in [0.2, 0.25) is 0 Å². The molecule has 0 bridgehead atoms. The van der Waals surface area contributed by atoms with Gasteiger partial charge in [-0.1, -0.05) is 19.8 Å². The van der Waals surface area contributed by atoms with Gasteiger partial charge in [0.1, 0.15) is 0 Å². The molecule has 21 heavy (non-hydrogen) atoms. The lowest BCUT2D eigenvalue weighted by Crippen LogP contribution is -2.46. The zero-order chi connectivity index (χ0) is 14.5. The highest BCUT2D eigenvalue weighted by atomic mass is 32.2. The number of rotatable bonds is 5. The highest BCUT2D eigenvalue weighted by Gasteiger charge is 2.42. The molecule has 3 aliphatic rings. The van der Waals surface area contributed by atoms with Crippen LogP contribution < -0.4 is 5.32 Å². The van der Waals surface area contributed by atoms with Gasteiger partial charge in [0, 0.05) is 12.6 Å². The molecule has 2 atom stereocenters. The zero-order valence-electron chi connectivity index (χ0n) is 13.7. The van der Waals surface area contributed by atoms with E-state index in [1.165, 1.54) is 69.3 Å². The summed E-state index contributed by atoms with van der Waals surface area (Å²) in [6, 6.07) is 0.740. The van der Waals surface area contributed by atoms with E-state index in [1.807, 2.05) is 0 Å². The fourth-order valence-corrected chi connectivity index (χ4v) is 6.03. The summed E-state index contributed by atoms with van der Waals surface area (Å²) in [6.07, 6.45) is 12.3. The summed E-state index contributed by atoms with van der Waals surface area (Å²) in [4.78, 5) is 0. The Hall–Kier alpha value is 0.270. The first kappa shape index (κ1) is 16.1. The maximum Gasteiger partial charge on any atom is 0.0685 e. The number of hydrogen-bond acceptors (Lipinski definition) is 3. The van der Waals surface area contributed by atoms with Crippen LogP contribution in [0.3, 0.4) is 0 Å². The van der Waals surface area contributed by atoms with Crippen molar-refractivity contribution in [3.63, 3.8) is 0 Å². The molecule has 0 radical (unpaired) electrons. The van der Waals surface area contributed by atoms with Gasteiger partial charge < -0.3 is 10.1 Å². The first-order valence-corrected chi connectivity index (χ1v) is 10.4. The normalized spacial score (nSPS) is 31.6. The number of thioether (sulfide) groups is 1. The summed E-state index contributed by atoms with van der Waals surface area (Å²) in [7, 11) is 0. The molecule has 3 fully saturated rings. The van der Waals surface area contributed by atoms with Crippen molar-refractivity contribution in [3.8, 4) is 0 Å². The van der Waals surface area contributed by atoms with Gasteiger partial charge in [0.05, 0.1) is 5.60 Å². The SMILES string of the molecule is CCNC(CC1CCSCC1)C1CCOC2(CCCC2)C1. The van der Waals surface area contributed by atoms with E-state index in [1.54, 1.807) is 0 Å². The van der Waals surface area contributed by atoms with Gasteiger partial charge in [-0.05, 0) is 74.8 Å². The molecule has 2 saturated heterocycles. The van der Waals surface area contributed by atoms with Crippen LogP contribution in [0.1, 0.15) is 64.7 Å². The van der Waals surface area contributed by atoms with Crippen molar-refractivity contribution in [3.05, 3.63) is 0 Å². The van der Waals surface area contributed by atoms with E-state index in [4.69, 9.17) is 4.74 Å². The molecule has 0 aromatic heterocycles. The standard InChI is InChI=1S/C18H33NOS/c1-2-19-17(13-15-6-11-21-12-7-15)16-5-10-20-18(14-16)8-3-4-9-18/h15-17,19H,2-14H2,1H3. The Morgan fingerprint density at radius 1 is 1.19 bits per heavy atom. The Kier molecular flexibility index (Phi) is 5.92. The average molecular weight is 312 g/mol. The lowest BCUT2D eigenvalue weighted by atomic mass is 9.77. The number of nitrogens with one attached hydrogen (secondary N) is 1. The molecule has 3 rings (SSSR count). The molecule has 0 aromatic carbocycles. The van der Waals surface area contributed by atoms with E-state index >= 15 is 0 Å². The second kappa shape index (κ2) is 7.70. The molecular weight excluding hydrogens is 278 g/mol. The van der Waals surface area contributed by atoms with Crippen LogP contribution in [-0.4, -0.2) is 36.3 Å². The number of hydrogen-bond donors (Lipinski definition) is 1. The Bertz CT molecular complexity index is 310. The average Bonchev–Trinajstić information content (AvgIpc) is 2.96.